The zero-order valence-corrected chi connectivity index (χ0v) is 10.7. The lowest BCUT2D eigenvalue weighted by molar-refractivity contribution is 1.38. The first kappa shape index (κ1) is 11.5. The van der Waals surface area contributed by atoms with Crippen LogP contribution in [0.25, 0.3) is 11.1 Å². The van der Waals surface area contributed by atoms with Crippen LogP contribution in [0.15, 0.2) is 36.4 Å². The molecule has 0 fully saturated rings. The molecular weight excluding hydrogens is 239 g/mol. The Morgan fingerprint density at radius 1 is 0.875 bits per heavy atom. The van der Waals surface area contributed by atoms with E-state index in [4.69, 9.17) is 23.2 Å². The van der Waals surface area contributed by atoms with E-state index in [1.54, 1.807) is 6.07 Å². The molecule has 0 aliphatic rings. The standard InChI is InChI=1S/C14H12Cl2/c1-9-4-3-5-10(2)14(9)12-7-6-11(15)8-13(12)16/h3-8H,1-2H3. The van der Waals surface area contributed by atoms with E-state index < -0.39 is 0 Å². The maximum Gasteiger partial charge on any atom is 0.0499 e. The molecule has 0 atom stereocenters. The Balaban J connectivity index is 2.68. The van der Waals surface area contributed by atoms with Gasteiger partial charge in [0.25, 0.3) is 0 Å². The van der Waals surface area contributed by atoms with Crippen molar-refractivity contribution in [2.24, 2.45) is 0 Å². The zero-order valence-electron chi connectivity index (χ0n) is 9.22. The van der Waals surface area contributed by atoms with E-state index in [2.05, 4.69) is 32.0 Å². The van der Waals surface area contributed by atoms with Crippen molar-refractivity contribution in [1.82, 2.24) is 0 Å². The lowest BCUT2D eigenvalue weighted by Gasteiger charge is -2.11. The topological polar surface area (TPSA) is 0 Å². The Bertz CT molecular complexity index is 510. The summed E-state index contributed by atoms with van der Waals surface area (Å²) in [6, 6.07) is 11.9. The second kappa shape index (κ2) is 4.48. The summed E-state index contributed by atoms with van der Waals surface area (Å²) in [5.41, 5.74) is 4.69. The Labute approximate surface area is 106 Å². The normalized spacial score (nSPS) is 10.5. The molecule has 0 saturated carbocycles. The van der Waals surface area contributed by atoms with Crippen LogP contribution >= 0.6 is 23.2 Å². The molecule has 82 valence electrons. The van der Waals surface area contributed by atoms with E-state index in [9.17, 15) is 0 Å². The van der Waals surface area contributed by atoms with Gasteiger partial charge in [-0.15, -0.1) is 0 Å². The molecule has 0 N–H and O–H groups in total. The average molecular weight is 251 g/mol. The molecule has 0 aliphatic carbocycles. The highest BCUT2D eigenvalue weighted by atomic mass is 35.5. The molecular formula is C14H12Cl2. The summed E-state index contributed by atoms with van der Waals surface area (Å²) >= 11 is 12.1. The summed E-state index contributed by atoms with van der Waals surface area (Å²) in [5, 5.41) is 1.37. The molecule has 0 saturated heterocycles. The number of hydrogen-bond acceptors (Lipinski definition) is 0. The van der Waals surface area contributed by atoms with E-state index in [-0.39, 0.29) is 0 Å². The van der Waals surface area contributed by atoms with Crippen molar-refractivity contribution in [3.8, 4) is 11.1 Å². The molecule has 2 aromatic carbocycles. The van der Waals surface area contributed by atoms with Crippen molar-refractivity contribution in [2.75, 3.05) is 0 Å². The molecule has 0 spiro atoms. The molecule has 16 heavy (non-hydrogen) atoms. The first-order valence-electron chi connectivity index (χ1n) is 5.11. The van der Waals surface area contributed by atoms with Gasteiger partial charge in [-0.2, -0.15) is 0 Å². The van der Waals surface area contributed by atoms with Gasteiger partial charge in [0.15, 0.2) is 0 Å². The van der Waals surface area contributed by atoms with Crippen LogP contribution in [0.1, 0.15) is 11.1 Å². The maximum atomic E-state index is 6.22. The van der Waals surface area contributed by atoms with Crippen molar-refractivity contribution in [3.63, 3.8) is 0 Å². The summed E-state index contributed by atoms with van der Waals surface area (Å²) in [5.74, 6) is 0. The molecule has 0 nitrogen and oxygen atoms in total. The van der Waals surface area contributed by atoms with Crippen LogP contribution in [0.2, 0.25) is 10.0 Å². The number of aryl methyl sites for hydroxylation is 2. The van der Waals surface area contributed by atoms with Crippen molar-refractivity contribution in [2.45, 2.75) is 13.8 Å². The fourth-order valence-corrected chi connectivity index (χ4v) is 2.43. The van der Waals surface area contributed by atoms with Crippen LogP contribution in [0, 0.1) is 13.8 Å². The third-order valence-electron chi connectivity index (χ3n) is 2.68. The van der Waals surface area contributed by atoms with E-state index in [1.165, 1.54) is 16.7 Å². The summed E-state index contributed by atoms with van der Waals surface area (Å²) in [6.07, 6.45) is 0. The molecule has 0 radical (unpaired) electrons. The van der Waals surface area contributed by atoms with Gasteiger partial charge in [0.2, 0.25) is 0 Å². The smallest absolute Gasteiger partial charge is 0.0499 e. The predicted octanol–water partition coefficient (Wildman–Crippen LogP) is 5.28. The van der Waals surface area contributed by atoms with Crippen molar-refractivity contribution in [1.29, 1.82) is 0 Å². The maximum absolute atomic E-state index is 6.22. The number of benzene rings is 2. The van der Waals surface area contributed by atoms with Crippen LogP contribution in [0.4, 0.5) is 0 Å². The molecule has 2 heteroatoms. The molecule has 0 aliphatic heterocycles. The highest BCUT2D eigenvalue weighted by molar-refractivity contribution is 6.36. The number of halogens is 2. The SMILES string of the molecule is Cc1cccc(C)c1-c1ccc(Cl)cc1Cl. The Morgan fingerprint density at radius 2 is 1.50 bits per heavy atom. The van der Waals surface area contributed by atoms with Gasteiger partial charge in [-0.3, -0.25) is 0 Å². The Hall–Kier alpha value is -0.980. The molecule has 2 aromatic rings. The van der Waals surface area contributed by atoms with Gasteiger partial charge in [0, 0.05) is 15.6 Å². The number of rotatable bonds is 1. The molecule has 0 heterocycles. The lowest BCUT2D eigenvalue weighted by Crippen LogP contribution is -1.88. The first-order chi connectivity index (χ1) is 7.59. The fourth-order valence-electron chi connectivity index (χ4n) is 1.93. The molecule has 0 aromatic heterocycles. The van der Waals surface area contributed by atoms with Crippen molar-refractivity contribution >= 4 is 23.2 Å². The van der Waals surface area contributed by atoms with E-state index in [0.29, 0.717) is 10.0 Å². The van der Waals surface area contributed by atoms with Crippen LogP contribution in [-0.4, -0.2) is 0 Å². The van der Waals surface area contributed by atoms with Crippen LogP contribution in [0.5, 0.6) is 0 Å². The van der Waals surface area contributed by atoms with Gasteiger partial charge in [-0.05, 0) is 42.7 Å². The van der Waals surface area contributed by atoms with Gasteiger partial charge in [-0.1, -0.05) is 47.5 Å². The predicted molar refractivity (Wildman–Crippen MR) is 71.4 cm³/mol. The fraction of sp³-hybridized carbons (Fsp3) is 0.143. The summed E-state index contributed by atoms with van der Waals surface area (Å²) < 4.78 is 0. The van der Waals surface area contributed by atoms with Gasteiger partial charge in [0.1, 0.15) is 0 Å². The molecule has 2 rings (SSSR count). The van der Waals surface area contributed by atoms with Gasteiger partial charge < -0.3 is 0 Å². The van der Waals surface area contributed by atoms with Crippen LogP contribution < -0.4 is 0 Å². The minimum atomic E-state index is 0.667. The van der Waals surface area contributed by atoms with Crippen molar-refractivity contribution in [3.05, 3.63) is 57.6 Å². The Kier molecular flexibility index (Phi) is 3.22. The lowest BCUT2D eigenvalue weighted by atomic mass is 9.96. The minimum Gasteiger partial charge on any atom is -0.0843 e. The highest BCUT2D eigenvalue weighted by Gasteiger charge is 2.09. The van der Waals surface area contributed by atoms with Crippen LogP contribution in [-0.2, 0) is 0 Å². The van der Waals surface area contributed by atoms with Gasteiger partial charge in [0.05, 0.1) is 0 Å². The van der Waals surface area contributed by atoms with Crippen molar-refractivity contribution < 1.29 is 0 Å². The largest absolute Gasteiger partial charge is 0.0843 e. The minimum absolute atomic E-state index is 0.667. The van der Waals surface area contributed by atoms with E-state index in [1.807, 2.05) is 12.1 Å². The van der Waals surface area contributed by atoms with E-state index in [0.717, 1.165) is 5.56 Å². The summed E-state index contributed by atoms with van der Waals surface area (Å²) in [7, 11) is 0. The van der Waals surface area contributed by atoms with Gasteiger partial charge in [-0.25, -0.2) is 0 Å². The average Bonchev–Trinajstić information content (AvgIpc) is 2.20. The highest BCUT2D eigenvalue weighted by Crippen LogP contribution is 2.34. The summed E-state index contributed by atoms with van der Waals surface area (Å²) in [6.45, 7) is 4.18. The first-order valence-corrected chi connectivity index (χ1v) is 5.87. The van der Waals surface area contributed by atoms with E-state index >= 15 is 0 Å². The zero-order chi connectivity index (χ0) is 11.7. The summed E-state index contributed by atoms with van der Waals surface area (Å²) in [4.78, 5) is 0. The van der Waals surface area contributed by atoms with Gasteiger partial charge >= 0.3 is 0 Å². The quantitative estimate of drug-likeness (QED) is 0.647. The molecule has 0 amide bonds. The third kappa shape index (κ3) is 2.09. The third-order valence-corrected chi connectivity index (χ3v) is 3.23. The molecule has 0 bridgehead atoms. The Morgan fingerprint density at radius 3 is 2.06 bits per heavy atom. The second-order valence-electron chi connectivity index (χ2n) is 3.89. The van der Waals surface area contributed by atoms with Crippen LogP contribution in [0.3, 0.4) is 0 Å². The second-order valence-corrected chi connectivity index (χ2v) is 4.73. The molecule has 0 unspecified atom stereocenters. The number of hydrogen-bond donors (Lipinski definition) is 0. The monoisotopic (exact) mass is 250 g/mol.